The molecule has 0 aliphatic rings. The molecular weight excluding hydrogens is 142 g/mol. The van der Waals surface area contributed by atoms with E-state index < -0.39 is 0 Å². The lowest BCUT2D eigenvalue weighted by Crippen LogP contribution is -1.84. The van der Waals surface area contributed by atoms with Gasteiger partial charge in [-0.05, 0) is 6.07 Å². The zero-order chi connectivity index (χ0) is 7.68. The third-order valence-electron chi connectivity index (χ3n) is 1.45. The summed E-state index contributed by atoms with van der Waals surface area (Å²) in [6, 6.07) is 1.64. The van der Waals surface area contributed by atoms with Crippen molar-refractivity contribution in [1.29, 1.82) is 0 Å². The van der Waals surface area contributed by atoms with E-state index in [1.807, 2.05) is 0 Å². The van der Waals surface area contributed by atoms with Crippen LogP contribution in [0.3, 0.4) is 0 Å². The lowest BCUT2D eigenvalue weighted by atomic mass is 10.3. The molecule has 11 heavy (non-hydrogen) atoms. The van der Waals surface area contributed by atoms with Crippen molar-refractivity contribution in [3.63, 3.8) is 0 Å². The Morgan fingerprint density at radius 3 is 3.18 bits per heavy atom. The first-order valence-electron chi connectivity index (χ1n) is 3.14. The summed E-state index contributed by atoms with van der Waals surface area (Å²) in [6.45, 7) is 0. The number of rotatable bonds is 1. The summed E-state index contributed by atoms with van der Waals surface area (Å²) >= 11 is 0. The normalized spacial score (nSPS) is 10.2. The van der Waals surface area contributed by atoms with Gasteiger partial charge in [0.1, 0.15) is 5.69 Å². The van der Waals surface area contributed by atoms with Gasteiger partial charge in [-0.25, -0.2) is 4.98 Å². The number of H-pyrrole nitrogens is 1. The number of imidazole rings is 1. The molecule has 2 aromatic heterocycles. The summed E-state index contributed by atoms with van der Waals surface area (Å²) in [6.07, 6.45) is 3.86. The van der Waals surface area contributed by atoms with Crippen LogP contribution < -0.4 is 0 Å². The van der Waals surface area contributed by atoms with Gasteiger partial charge in [0.25, 0.3) is 0 Å². The van der Waals surface area contributed by atoms with Crippen LogP contribution >= 0.6 is 0 Å². The highest BCUT2D eigenvalue weighted by atomic mass is 16.1. The summed E-state index contributed by atoms with van der Waals surface area (Å²) in [5.74, 6) is 0. The van der Waals surface area contributed by atoms with Gasteiger partial charge < -0.3 is 4.98 Å². The van der Waals surface area contributed by atoms with Crippen molar-refractivity contribution in [2.75, 3.05) is 0 Å². The first-order valence-corrected chi connectivity index (χ1v) is 3.14. The van der Waals surface area contributed by atoms with E-state index in [2.05, 4.69) is 15.0 Å². The van der Waals surface area contributed by atoms with E-state index in [9.17, 15) is 4.79 Å². The Hall–Kier alpha value is -1.71. The minimum absolute atomic E-state index is 0.407. The molecule has 0 bridgehead atoms. The predicted molar refractivity (Wildman–Crippen MR) is 39.3 cm³/mol. The summed E-state index contributed by atoms with van der Waals surface area (Å²) < 4.78 is 0. The van der Waals surface area contributed by atoms with Crippen molar-refractivity contribution in [3.8, 4) is 0 Å². The third-order valence-corrected chi connectivity index (χ3v) is 1.45. The number of aromatic nitrogens is 3. The van der Waals surface area contributed by atoms with E-state index in [-0.39, 0.29) is 0 Å². The molecule has 2 heterocycles. The zero-order valence-corrected chi connectivity index (χ0v) is 5.61. The van der Waals surface area contributed by atoms with Crippen LogP contribution in [-0.4, -0.2) is 21.2 Å². The second kappa shape index (κ2) is 2.16. The molecular formula is C7H5N3O. The van der Waals surface area contributed by atoms with E-state index >= 15 is 0 Å². The van der Waals surface area contributed by atoms with Gasteiger partial charge in [0, 0.05) is 0 Å². The number of fused-ring (bicyclic) bond motifs is 1. The first kappa shape index (κ1) is 6.03. The Labute approximate surface area is 62.3 Å². The molecule has 0 saturated heterocycles. The maximum absolute atomic E-state index is 10.3. The van der Waals surface area contributed by atoms with Crippen molar-refractivity contribution >= 4 is 17.3 Å². The molecule has 2 aromatic rings. The highest BCUT2D eigenvalue weighted by Gasteiger charge is 1.96. The number of hydrogen-bond acceptors (Lipinski definition) is 3. The molecule has 0 aliphatic carbocycles. The van der Waals surface area contributed by atoms with Crippen molar-refractivity contribution in [2.45, 2.75) is 0 Å². The number of carbonyl (C=O) groups is 1. The molecule has 0 spiro atoms. The van der Waals surface area contributed by atoms with Gasteiger partial charge in [-0.3, -0.25) is 9.78 Å². The number of aromatic amines is 1. The van der Waals surface area contributed by atoms with Crippen LogP contribution in [0.5, 0.6) is 0 Å². The summed E-state index contributed by atoms with van der Waals surface area (Å²) in [5.41, 5.74) is 2.02. The average molecular weight is 147 g/mol. The molecule has 0 atom stereocenters. The van der Waals surface area contributed by atoms with Crippen LogP contribution in [0.1, 0.15) is 10.5 Å². The van der Waals surface area contributed by atoms with Crippen molar-refractivity contribution < 1.29 is 4.79 Å². The smallest absolute Gasteiger partial charge is 0.168 e. The van der Waals surface area contributed by atoms with E-state index in [1.54, 1.807) is 18.6 Å². The summed E-state index contributed by atoms with van der Waals surface area (Å²) in [7, 11) is 0. The second-order valence-corrected chi connectivity index (χ2v) is 2.15. The second-order valence-electron chi connectivity index (χ2n) is 2.15. The van der Waals surface area contributed by atoms with Gasteiger partial charge in [-0.2, -0.15) is 0 Å². The number of nitrogens with one attached hydrogen (secondary N) is 1. The molecule has 1 N–H and O–H groups in total. The first-order chi connectivity index (χ1) is 5.40. The molecule has 2 rings (SSSR count). The maximum Gasteiger partial charge on any atom is 0.168 e. The lowest BCUT2D eigenvalue weighted by Gasteiger charge is -1.87. The van der Waals surface area contributed by atoms with E-state index in [0.717, 1.165) is 11.0 Å². The molecule has 54 valence electrons. The summed E-state index contributed by atoms with van der Waals surface area (Å²) in [4.78, 5) is 21.0. The lowest BCUT2D eigenvalue weighted by molar-refractivity contribution is 0.111. The van der Waals surface area contributed by atoms with Crippen molar-refractivity contribution in [2.24, 2.45) is 0 Å². The van der Waals surface area contributed by atoms with E-state index in [4.69, 9.17) is 0 Å². The number of pyridine rings is 1. The van der Waals surface area contributed by atoms with Crippen LogP contribution in [0.25, 0.3) is 11.0 Å². The van der Waals surface area contributed by atoms with Crippen LogP contribution in [0.15, 0.2) is 18.6 Å². The molecule has 0 saturated carbocycles. The molecule has 0 radical (unpaired) electrons. The van der Waals surface area contributed by atoms with Gasteiger partial charge in [-0.1, -0.05) is 0 Å². The van der Waals surface area contributed by atoms with Gasteiger partial charge in [-0.15, -0.1) is 0 Å². The van der Waals surface area contributed by atoms with Gasteiger partial charge in [0.05, 0.1) is 23.6 Å². The van der Waals surface area contributed by atoms with Gasteiger partial charge in [0.2, 0.25) is 0 Å². The van der Waals surface area contributed by atoms with Gasteiger partial charge >= 0.3 is 0 Å². The van der Waals surface area contributed by atoms with Crippen LogP contribution in [0, 0.1) is 0 Å². The largest absolute Gasteiger partial charge is 0.343 e. The highest BCUT2D eigenvalue weighted by Crippen LogP contribution is 2.06. The fourth-order valence-electron chi connectivity index (χ4n) is 0.914. The molecule has 0 amide bonds. The minimum Gasteiger partial charge on any atom is -0.343 e. The molecule has 0 aromatic carbocycles. The Kier molecular flexibility index (Phi) is 1.18. The fraction of sp³-hybridized carbons (Fsp3) is 0. The van der Waals surface area contributed by atoms with Crippen molar-refractivity contribution in [3.05, 3.63) is 24.3 Å². The molecule has 0 fully saturated rings. The number of hydrogen-bond donors (Lipinski definition) is 1. The van der Waals surface area contributed by atoms with Gasteiger partial charge in [0.15, 0.2) is 6.29 Å². The van der Waals surface area contributed by atoms with Crippen molar-refractivity contribution in [1.82, 2.24) is 15.0 Å². The minimum atomic E-state index is 0.407. The monoisotopic (exact) mass is 147 g/mol. The average Bonchev–Trinajstić information content (AvgIpc) is 2.50. The Balaban J connectivity index is 2.76. The zero-order valence-electron chi connectivity index (χ0n) is 5.61. The Morgan fingerprint density at radius 2 is 2.36 bits per heavy atom. The highest BCUT2D eigenvalue weighted by molar-refractivity contribution is 5.81. The SMILES string of the molecule is O=Cc1cc2nc[nH]c2cn1. The molecule has 4 heteroatoms. The quantitative estimate of drug-likeness (QED) is 0.606. The topological polar surface area (TPSA) is 58.6 Å². The third kappa shape index (κ3) is 0.881. The number of nitrogens with zero attached hydrogens (tertiary/aromatic N) is 2. The maximum atomic E-state index is 10.3. The van der Waals surface area contributed by atoms with E-state index in [1.165, 1.54) is 0 Å². The van der Waals surface area contributed by atoms with Crippen LogP contribution in [-0.2, 0) is 0 Å². The number of aldehydes is 1. The standard InChI is InChI=1S/C7H5N3O/c11-3-5-1-6-7(2-8-5)10-4-9-6/h1-4H,(H,9,10). The summed E-state index contributed by atoms with van der Waals surface area (Å²) in [5, 5.41) is 0. The molecule has 0 aliphatic heterocycles. The van der Waals surface area contributed by atoms with Crippen LogP contribution in [0.2, 0.25) is 0 Å². The number of carbonyl (C=O) groups excluding carboxylic acids is 1. The Morgan fingerprint density at radius 1 is 1.45 bits per heavy atom. The fourth-order valence-corrected chi connectivity index (χ4v) is 0.914. The molecule has 4 nitrogen and oxygen atoms in total. The van der Waals surface area contributed by atoms with Crippen LogP contribution in [0.4, 0.5) is 0 Å². The predicted octanol–water partition coefficient (Wildman–Crippen LogP) is 0.770. The molecule has 0 unspecified atom stereocenters. The Bertz CT molecular complexity index is 393. The van der Waals surface area contributed by atoms with E-state index in [0.29, 0.717) is 12.0 Å².